The van der Waals surface area contributed by atoms with Crippen LogP contribution in [0, 0.1) is 0 Å². The van der Waals surface area contributed by atoms with E-state index in [0.29, 0.717) is 12.1 Å². The SMILES string of the molecule is O[C@]1(c2ccc(OC(F)F)cc2)CN(c2ccccc2)C2=[N+]1CCCS2. The summed E-state index contributed by atoms with van der Waals surface area (Å²) in [4.78, 5) is 2.12. The second-order valence-corrected chi connectivity index (χ2v) is 7.34. The minimum atomic E-state index is -2.86. The highest BCUT2D eigenvalue weighted by atomic mass is 32.2. The molecule has 2 aromatic carbocycles. The molecule has 0 bridgehead atoms. The Balaban J connectivity index is 1.70. The van der Waals surface area contributed by atoms with Crippen LogP contribution in [0.25, 0.3) is 0 Å². The van der Waals surface area contributed by atoms with Crippen molar-refractivity contribution in [3.8, 4) is 5.75 Å². The summed E-state index contributed by atoms with van der Waals surface area (Å²) in [6, 6.07) is 16.2. The van der Waals surface area contributed by atoms with E-state index in [1.807, 2.05) is 34.9 Å². The zero-order valence-corrected chi connectivity index (χ0v) is 14.8. The summed E-state index contributed by atoms with van der Waals surface area (Å²) < 4.78 is 31.2. The molecule has 0 unspecified atom stereocenters. The zero-order chi connectivity index (χ0) is 18.1. The summed E-state index contributed by atoms with van der Waals surface area (Å²) in [5.41, 5.74) is 0.482. The van der Waals surface area contributed by atoms with Gasteiger partial charge in [-0.05, 0) is 54.6 Å². The van der Waals surface area contributed by atoms with Crippen LogP contribution in [-0.4, -0.2) is 40.3 Å². The number of hydrogen-bond donors (Lipinski definition) is 1. The number of ether oxygens (including phenoxy) is 1. The predicted octanol–water partition coefficient (Wildman–Crippen LogP) is 3.46. The van der Waals surface area contributed by atoms with Gasteiger partial charge in [0.25, 0.3) is 5.72 Å². The molecule has 0 aromatic heterocycles. The third-order valence-corrected chi connectivity index (χ3v) is 5.85. The molecule has 1 N–H and O–H groups in total. The van der Waals surface area contributed by atoms with Crippen molar-refractivity contribution < 1.29 is 23.2 Å². The minimum absolute atomic E-state index is 0.0856. The quantitative estimate of drug-likeness (QED) is 0.828. The lowest BCUT2D eigenvalue weighted by Crippen LogP contribution is -2.41. The van der Waals surface area contributed by atoms with E-state index in [2.05, 4.69) is 9.64 Å². The van der Waals surface area contributed by atoms with E-state index in [-0.39, 0.29) is 5.75 Å². The Bertz CT molecular complexity index is 814. The fourth-order valence-corrected chi connectivity index (χ4v) is 4.64. The zero-order valence-electron chi connectivity index (χ0n) is 14.0. The van der Waals surface area contributed by atoms with Gasteiger partial charge in [-0.2, -0.15) is 8.78 Å². The predicted molar refractivity (Wildman–Crippen MR) is 98.0 cm³/mol. The molecule has 0 radical (unpaired) electrons. The molecular weight excluding hydrogens is 358 g/mol. The van der Waals surface area contributed by atoms with Gasteiger partial charge >= 0.3 is 11.8 Å². The topological polar surface area (TPSA) is 35.7 Å². The third-order valence-electron chi connectivity index (χ3n) is 4.65. The first-order valence-corrected chi connectivity index (χ1v) is 9.44. The molecule has 2 aliphatic rings. The molecule has 0 saturated carbocycles. The van der Waals surface area contributed by atoms with E-state index in [4.69, 9.17) is 0 Å². The van der Waals surface area contributed by atoms with E-state index in [0.717, 1.165) is 29.6 Å². The molecule has 0 aliphatic carbocycles. The molecular formula is C19H19F2N2O2S+. The van der Waals surface area contributed by atoms with Gasteiger partial charge < -0.3 is 9.84 Å². The number of anilines is 1. The maximum Gasteiger partial charge on any atom is 0.387 e. The third kappa shape index (κ3) is 3.05. The Hall–Kier alpha value is -2.12. The lowest BCUT2D eigenvalue weighted by atomic mass is 10.0. The Morgan fingerprint density at radius 1 is 1.12 bits per heavy atom. The molecule has 2 aliphatic heterocycles. The van der Waals surface area contributed by atoms with Crippen LogP contribution in [0.1, 0.15) is 12.0 Å². The van der Waals surface area contributed by atoms with Gasteiger partial charge in [0, 0.05) is 11.3 Å². The largest absolute Gasteiger partial charge is 0.435 e. The highest BCUT2D eigenvalue weighted by molar-refractivity contribution is 8.13. The Morgan fingerprint density at radius 2 is 1.85 bits per heavy atom. The minimum Gasteiger partial charge on any atom is -0.435 e. The fraction of sp³-hybridized carbons (Fsp3) is 0.316. The van der Waals surface area contributed by atoms with Crippen molar-refractivity contribution in [2.75, 3.05) is 23.7 Å². The van der Waals surface area contributed by atoms with Crippen molar-refractivity contribution in [1.29, 1.82) is 0 Å². The second-order valence-electron chi connectivity index (χ2n) is 6.28. The smallest absolute Gasteiger partial charge is 0.387 e. The molecule has 0 amide bonds. The van der Waals surface area contributed by atoms with Crippen molar-refractivity contribution in [1.82, 2.24) is 0 Å². The second kappa shape index (κ2) is 6.89. The van der Waals surface area contributed by atoms with Crippen molar-refractivity contribution >= 4 is 22.6 Å². The average Bonchev–Trinajstić information content (AvgIpc) is 2.97. The summed E-state index contributed by atoms with van der Waals surface area (Å²) >= 11 is 1.73. The van der Waals surface area contributed by atoms with Crippen LogP contribution < -0.4 is 9.64 Å². The molecule has 7 heteroatoms. The highest BCUT2D eigenvalue weighted by Gasteiger charge is 2.53. The highest BCUT2D eigenvalue weighted by Crippen LogP contribution is 2.37. The number of nitrogens with zero attached hydrogens (tertiary/aromatic N) is 2. The van der Waals surface area contributed by atoms with Gasteiger partial charge in [0.05, 0.1) is 6.54 Å². The van der Waals surface area contributed by atoms with Crippen LogP contribution in [0.3, 0.4) is 0 Å². The summed E-state index contributed by atoms with van der Waals surface area (Å²) in [7, 11) is 0. The van der Waals surface area contributed by atoms with Gasteiger partial charge in [0.1, 0.15) is 11.4 Å². The van der Waals surface area contributed by atoms with Crippen molar-refractivity contribution in [3.05, 3.63) is 60.2 Å². The molecule has 1 atom stereocenters. The first-order chi connectivity index (χ1) is 12.6. The molecule has 4 rings (SSSR count). The first-order valence-electron chi connectivity index (χ1n) is 8.46. The van der Waals surface area contributed by atoms with Crippen LogP contribution in [-0.2, 0) is 5.72 Å². The summed E-state index contributed by atoms with van der Waals surface area (Å²) in [5, 5.41) is 12.5. The van der Waals surface area contributed by atoms with E-state index >= 15 is 0 Å². The number of thioether (sulfide) groups is 1. The van der Waals surface area contributed by atoms with E-state index in [1.165, 1.54) is 12.1 Å². The molecule has 0 fully saturated rings. The van der Waals surface area contributed by atoms with E-state index in [9.17, 15) is 13.9 Å². The van der Waals surface area contributed by atoms with Crippen LogP contribution in [0.15, 0.2) is 54.6 Å². The van der Waals surface area contributed by atoms with Crippen LogP contribution in [0.5, 0.6) is 5.75 Å². The molecule has 2 heterocycles. The van der Waals surface area contributed by atoms with Gasteiger partial charge in [-0.25, -0.2) is 9.48 Å². The lowest BCUT2D eigenvalue weighted by molar-refractivity contribution is -0.656. The maximum atomic E-state index is 12.4. The van der Waals surface area contributed by atoms with Gasteiger partial charge in [-0.15, -0.1) is 0 Å². The van der Waals surface area contributed by atoms with E-state index in [1.54, 1.807) is 23.9 Å². The molecule has 26 heavy (non-hydrogen) atoms. The van der Waals surface area contributed by atoms with Crippen LogP contribution in [0.2, 0.25) is 0 Å². The van der Waals surface area contributed by atoms with E-state index < -0.39 is 12.3 Å². The van der Waals surface area contributed by atoms with Crippen molar-refractivity contribution in [2.24, 2.45) is 0 Å². The van der Waals surface area contributed by atoms with Crippen molar-refractivity contribution in [2.45, 2.75) is 18.8 Å². The molecule has 4 nitrogen and oxygen atoms in total. The monoisotopic (exact) mass is 377 g/mol. The number of hydrogen-bond acceptors (Lipinski definition) is 4. The number of amidine groups is 1. The molecule has 136 valence electrons. The molecule has 0 spiro atoms. The number of rotatable bonds is 4. The number of alkyl halides is 2. The Morgan fingerprint density at radius 3 is 2.54 bits per heavy atom. The van der Waals surface area contributed by atoms with Crippen molar-refractivity contribution in [3.63, 3.8) is 0 Å². The fourth-order valence-electron chi connectivity index (χ4n) is 3.46. The molecule has 0 saturated heterocycles. The number of β-amino-alcohol motifs (C(OH)–C–C–N with tert-alkyl or cyclic N) is 1. The standard InChI is InChI=1S/C19H19F2N2O2S/c20-17(21)25-16-9-7-14(8-10-16)19(24)13-22(15-5-2-1-3-6-15)18-23(19)11-4-12-26-18/h1-3,5-10,17,24H,4,11-13H2/q+1/t19-/m0/s1. The summed E-state index contributed by atoms with van der Waals surface area (Å²) in [6.07, 6.45) is 0.978. The normalized spacial score (nSPS) is 22.7. The van der Waals surface area contributed by atoms with Gasteiger partial charge in [0.2, 0.25) is 0 Å². The van der Waals surface area contributed by atoms with Crippen LogP contribution in [0.4, 0.5) is 14.5 Å². The lowest BCUT2D eigenvalue weighted by Gasteiger charge is -2.24. The Labute approximate surface area is 154 Å². The number of benzene rings is 2. The number of halogens is 2. The number of para-hydroxylation sites is 1. The maximum absolute atomic E-state index is 12.4. The molecule has 2 aromatic rings. The Kier molecular flexibility index (Phi) is 4.58. The number of aliphatic hydroxyl groups is 1. The summed E-state index contributed by atoms with van der Waals surface area (Å²) in [5.74, 6) is 1.09. The van der Waals surface area contributed by atoms with Gasteiger partial charge in [0.15, 0.2) is 6.54 Å². The summed E-state index contributed by atoms with van der Waals surface area (Å²) in [6.45, 7) is -1.73. The van der Waals surface area contributed by atoms with Gasteiger partial charge in [-0.1, -0.05) is 18.2 Å². The first kappa shape index (κ1) is 17.3. The average molecular weight is 377 g/mol. The van der Waals surface area contributed by atoms with Crippen LogP contribution >= 0.6 is 11.8 Å². The van der Waals surface area contributed by atoms with Gasteiger partial charge in [-0.3, -0.25) is 0 Å².